The summed E-state index contributed by atoms with van der Waals surface area (Å²) in [7, 11) is 0. The maximum atomic E-state index is 5.96. The van der Waals surface area contributed by atoms with Gasteiger partial charge in [0.1, 0.15) is 11.6 Å². The summed E-state index contributed by atoms with van der Waals surface area (Å²) in [6.07, 6.45) is 0.968. The highest BCUT2D eigenvalue weighted by Crippen LogP contribution is 2.27. The molecule has 104 valence electrons. The van der Waals surface area contributed by atoms with Crippen LogP contribution in [0.4, 0.5) is 5.82 Å². The highest BCUT2D eigenvalue weighted by Gasteiger charge is 2.34. The molecule has 1 aromatic heterocycles. The van der Waals surface area contributed by atoms with Crippen molar-refractivity contribution in [3.05, 3.63) is 17.6 Å². The quantitative estimate of drug-likeness (QED) is 0.877. The minimum Gasteiger partial charge on any atom is -0.384 e. The minimum atomic E-state index is 0.330. The summed E-state index contributed by atoms with van der Waals surface area (Å²) < 4.78 is 0. The van der Waals surface area contributed by atoms with Gasteiger partial charge in [-0.05, 0) is 12.3 Å². The van der Waals surface area contributed by atoms with Crippen LogP contribution in [0, 0.1) is 5.92 Å². The highest BCUT2D eigenvalue weighted by atomic mass is 15.4. The van der Waals surface area contributed by atoms with Crippen LogP contribution >= 0.6 is 0 Å². The summed E-state index contributed by atoms with van der Waals surface area (Å²) >= 11 is 0. The Bertz CT molecular complexity index is 451. The van der Waals surface area contributed by atoms with Crippen molar-refractivity contribution in [1.82, 2.24) is 19.8 Å². The standard InChI is InChI=1S/C14H23N5/c1-10(2)7-11-8-13(15)17-14(16-11)12-9-18-3-5-19(12)6-4-18/h8,10,12H,3-7,9H2,1-2H3,(H2,15,16,17). The summed E-state index contributed by atoms with van der Waals surface area (Å²) in [6, 6.07) is 2.25. The first-order chi connectivity index (χ1) is 9.11. The summed E-state index contributed by atoms with van der Waals surface area (Å²) in [5, 5.41) is 0. The number of hydrogen-bond acceptors (Lipinski definition) is 5. The van der Waals surface area contributed by atoms with Crippen LogP contribution in [0.1, 0.15) is 31.4 Å². The zero-order valence-corrected chi connectivity index (χ0v) is 11.8. The molecule has 1 atom stereocenters. The molecule has 0 spiro atoms. The van der Waals surface area contributed by atoms with E-state index in [2.05, 4.69) is 28.6 Å². The number of nitrogens with zero attached hydrogens (tertiary/aromatic N) is 4. The summed E-state index contributed by atoms with van der Waals surface area (Å²) in [5.74, 6) is 2.12. The average molecular weight is 261 g/mol. The van der Waals surface area contributed by atoms with E-state index in [1.54, 1.807) is 0 Å². The van der Waals surface area contributed by atoms with E-state index in [1.165, 1.54) is 13.1 Å². The van der Waals surface area contributed by atoms with Crippen molar-refractivity contribution in [3.63, 3.8) is 0 Å². The molecule has 0 saturated carbocycles. The van der Waals surface area contributed by atoms with E-state index in [1.807, 2.05) is 6.07 Å². The Morgan fingerprint density at radius 2 is 2.00 bits per heavy atom. The van der Waals surface area contributed by atoms with Crippen molar-refractivity contribution in [3.8, 4) is 0 Å². The summed E-state index contributed by atoms with van der Waals surface area (Å²) in [5.41, 5.74) is 7.04. The zero-order valence-electron chi connectivity index (χ0n) is 11.8. The number of piperazine rings is 3. The first kappa shape index (κ1) is 12.8. The largest absolute Gasteiger partial charge is 0.384 e. The van der Waals surface area contributed by atoms with E-state index in [0.29, 0.717) is 17.8 Å². The molecule has 19 heavy (non-hydrogen) atoms. The molecular weight excluding hydrogens is 238 g/mol. The lowest BCUT2D eigenvalue weighted by Crippen LogP contribution is -2.57. The molecule has 2 bridgehead atoms. The van der Waals surface area contributed by atoms with E-state index >= 15 is 0 Å². The lowest BCUT2D eigenvalue weighted by Gasteiger charge is -2.46. The fourth-order valence-corrected chi connectivity index (χ4v) is 3.07. The summed E-state index contributed by atoms with van der Waals surface area (Å²) in [4.78, 5) is 14.2. The molecule has 4 heterocycles. The first-order valence-corrected chi connectivity index (χ1v) is 7.21. The molecule has 5 nitrogen and oxygen atoms in total. The van der Waals surface area contributed by atoms with Gasteiger partial charge in [-0.3, -0.25) is 9.80 Å². The molecule has 3 fully saturated rings. The van der Waals surface area contributed by atoms with Gasteiger partial charge >= 0.3 is 0 Å². The average Bonchev–Trinajstić information content (AvgIpc) is 2.38. The Labute approximate surface area is 114 Å². The SMILES string of the molecule is CC(C)Cc1cc(N)nc(C2CN3CCN2CC3)n1. The third kappa shape index (κ3) is 2.72. The van der Waals surface area contributed by atoms with Gasteiger partial charge in [-0.15, -0.1) is 0 Å². The molecule has 5 heteroatoms. The Morgan fingerprint density at radius 1 is 1.26 bits per heavy atom. The van der Waals surface area contributed by atoms with Gasteiger partial charge in [0.05, 0.1) is 6.04 Å². The Kier molecular flexibility index (Phi) is 3.41. The maximum Gasteiger partial charge on any atom is 0.149 e. The normalized spacial score (nSPS) is 29.9. The Morgan fingerprint density at radius 3 is 2.58 bits per heavy atom. The highest BCUT2D eigenvalue weighted by molar-refractivity contribution is 5.31. The van der Waals surface area contributed by atoms with E-state index in [4.69, 9.17) is 10.7 Å². The third-order valence-electron chi connectivity index (χ3n) is 4.01. The number of hydrogen-bond donors (Lipinski definition) is 1. The molecule has 3 saturated heterocycles. The molecule has 4 rings (SSSR count). The third-order valence-corrected chi connectivity index (χ3v) is 4.01. The van der Waals surface area contributed by atoms with Gasteiger partial charge in [0.25, 0.3) is 0 Å². The molecule has 3 aliphatic heterocycles. The van der Waals surface area contributed by atoms with Crippen LogP contribution in [0.5, 0.6) is 0 Å². The van der Waals surface area contributed by atoms with Gasteiger partial charge in [-0.1, -0.05) is 13.8 Å². The number of nitrogen functional groups attached to an aromatic ring is 1. The van der Waals surface area contributed by atoms with Crippen LogP contribution in [0.15, 0.2) is 6.07 Å². The smallest absolute Gasteiger partial charge is 0.149 e. The van der Waals surface area contributed by atoms with E-state index in [9.17, 15) is 0 Å². The van der Waals surface area contributed by atoms with Crippen LogP contribution in [0.2, 0.25) is 0 Å². The van der Waals surface area contributed by atoms with Gasteiger partial charge in [0.2, 0.25) is 0 Å². The molecular formula is C14H23N5. The van der Waals surface area contributed by atoms with Crippen molar-refractivity contribution < 1.29 is 0 Å². The van der Waals surface area contributed by atoms with E-state index < -0.39 is 0 Å². The van der Waals surface area contributed by atoms with Gasteiger partial charge in [-0.25, -0.2) is 9.97 Å². The Hall–Kier alpha value is -1.20. The van der Waals surface area contributed by atoms with Crippen molar-refractivity contribution in [2.24, 2.45) is 5.92 Å². The molecule has 3 aliphatic rings. The van der Waals surface area contributed by atoms with Gasteiger partial charge < -0.3 is 5.73 Å². The number of aromatic nitrogens is 2. The fourth-order valence-electron chi connectivity index (χ4n) is 3.07. The number of nitrogens with two attached hydrogens (primary N) is 1. The number of anilines is 1. The molecule has 0 aliphatic carbocycles. The van der Waals surface area contributed by atoms with E-state index in [-0.39, 0.29) is 0 Å². The van der Waals surface area contributed by atoms with Crippen LogP contribution in [0.3, 0.4) is 0 Å². The minimum absolute atomic E-state index is 0.330. The second-order valence-electron chi connectivity index (χ2n) is 6.09. The monoisotopic (exact) mass is 261 g/mol. The molecule has 2 N–H and O–H groups in total. The molecule has 0 radical (unpaired) electrons. The second-order valence-corrected chi connectivity index (χ2v) is 6.09. The Balaban J connectivity index is 1.85. The van der Waals surface area contributed by atoms with Crippen molar-refractivity contribution in [2.75, 3.05) is 38.5 Å². The van der Waals surface area contributed by atoms with Crippen LogP contribution in [-0.4, -0.2) is 52.5 Å². The van der Waals surface area contributed by atoms with Crippen LogP contribution in [-0.2, 0) is 6.42 Å². The van der Waals surface area contributed by atoms with Crippen molar-refractivity contribution in [2.45, 2.75) is 26.3 Å². The van der Waals surface area contributed by atoms with Crippen LogP contribution < -0.4 is 5.73 Å². The van der Waals surface area contributed by atoms with Gasteiger partial charge in [0.15, 0.2) is 0 Å². The van der Waals surface area contributed by atoms with Crippen LogP contribution in [0.25, 0.3) is 0 Å². The number of rotatable bonds is 3. The van der Waals surface area contributed by atoms with Gasteiger partial charge in [0, 0.05) is 44.5 Å². The van der Waals surface area contributed by atoms with E-state index in [0.717, 1.165) is 37.6 Å². The predicted molar refractivity (Wildman–Crippen MR) is 75.7 cm³/mol. The van der Waals surface area contributed by atoms with Crippen molar-refractivity contribution in [1.29, 1.82) is 0 Å². The molecule has 1 aromatic rings. The zero-order chi connectivity index (χ0) is 13.4. The topological polar surface area (TPSA) is 58.3 Å². The molecule has 1 unspecified atom stereocenters. The predicted octanol–water partition coefficient (Wildman–Crippen LogP) is 0.930. The van der Waals surface area contributed by atoms with Crippen molar-refractivity contribution >= 4 is 5.82 Å². The second kappa shape index (κ2) is 5.06. The maximum absolute atomic E-state index is 5.96. The summed E-state index contributed by atoms with van der Waals surface area (Å²) in [6.45, 7) is 10.1. The number of fused-ring (bicyclic) bond motifs is 3. The molecule has 0 amide bonds. The van der Waals surface area contributed by atoms with Gasteiger partial charge in [-0.2, -0.15) is 0 Å². The first-order valence-electron chi connectivity index (χ1n) is 7.21. The lowest BCUT2D eigenvalue weighted by molar-refractivity contribution is 0.00861. The lowest BCUT2D eigenvalue weighted by atomic mass is 10.1. The fraction of sp³-hybridized carbons (Fsp3) is 0.714. The molecule has 0 aromatic carbocycles.